The zero-order valence-corrected chi connectivity index (χ0v) is 18.0. The summed E-state index contributed by atoms with van der Waals surface area (Å²) in [6.45, 7) is 6.98. The number of amides is 2. The summed E-state index contributed by atoms with van der Waals surface area (Å²) >= 11 is 0. The predicted octanol–water partition coefficient (Wildman–Crippen LogP) is 4.74. The summed E-state index contributed by atoms with van der Waals surface area (Å²) in [5, 5.41) is 5.45. The van der Waals surface area contributed by atoms with E-state index in [2.05, 4.69) is 10.6 Å². The van der Waals surface area contributed by atoms with Crippen LogP contribution in [0.5, 0.6) is 5.75 Å². The zero-order chi connectivity index (χ0) is 22.3. The lowest BCUT2D eigenvalue weighted by atomic mass is 10.0. The molecule has 1 atom stereocenters. The number of carbonyl (C=O) groups is 2. The Balaban J connectivity index is 2.18. The average Bonchev–Trinajstić information content (AvgIpc) is 2.69. The Labute approximate surface area is 176 Å². The number of carbonyl (C=O) groups excluding carboxylic acids is 2. The molecule has 2 aromatic rings. The first-order valence-electron chi connectivity index (χ1n) is 9.83. The molecule has 0 aliphatic carbocycles. The van der Waals surface area contributed by atoms with Gasteiger partial charge in [-0.25, -0.2) is 9.18 Å². The van der Waals surface area contributed by atoms with Gasteiger partial charge >= 0.3 is 6.09 Å². The lowest BCUT2D eigenvalue weighted by Crippen LogP contribution is -2.34. The van der Waals surface area contributed by atoms with Crippen LogP contribution >= 0.6 is 0 Å². The quantitative estimate of drug-likeness (QED) is 0.684. The second-order valence-corrected chi connectivity index (χ2v) is 7.83. The molecule has 0 bridgehead atoms. The monoisotopic (exact) mass is 416 g/mol. The van der Waals surface area contributed by atoms with Crippen LogP contribution in [-0.2, 0) is 11.3 Å². The molecule has 2 amide bonds. The SMILES string of the molecule is CC[C@@H](NC(=O)c1cccc(F)c1CNC(=O)OC(C)(C)C)c1cccc(OC)c1. The molecule has 7 heteroatoms. The summed E-state index contributed by atoms with van der Waals surface area (Å²) in [6, 6.07) is 11.4. The second-order valence-electron chi connectivity index (χ2n) is 7.83. The van der Waals surface area contributed by atoms with Gasteiger partial charge in [0.25, 0.3) is 5.91 Å². The second kappa shape index (κ2) is 10.1. The van der Waals surface area contributed by atoms with Crippen molar-refractivity contribution in [1.82, 2.24) is 10.6 Å². The van der Waals surface area contributed by atoms with Gasteiger partial charge in [-0.15, -0.1) is 0 Å². The van der Waals surface area contributed by atoms with Gasteiger partial charge in [0.1, 0.15) is 17.2 Å². The Kier molecular flexibility index (Phi) is 7.80. The van der Waals surface area contributed by atoms with Crippen molar-refractivity contribution in [2.24, 2.45) is 0 Å². The number of halogens is 1. The maximum atomic E-state index is 14.5. The highest BCUT2D eigenvalue weighted by molar-refractivity contribution is 5.96. The molecular formula is C23H29FN2O4. The van der Waals surface area contributed by atoms with Crippen LogP contribution in [0.15, 0.2) is 42.5 Å². The van der Waals surface area contributed by atoms with E-state index in [1.807, 2.05) is 31.2 Å². The first kappa shape index (κ1) is 23.2. The maximum absolute atomic E-state index is 14.5. The van der Waals surface area contributed by atoms with Gasteiger partial charge in [-0.3, -0.25) is 4.79 Å². The van der Waals surface area contributed by atoms with E-state index in [1.165, 1.54) is 18.2 Å². The van der Waals surface area contributed by atoms with Crippen molar-refractivity contribution < 1.29 is 23.5 Å². The first-order valence-corrected chi connectivity index (χ1v) is 9.83. The van der Waals surface area contributed by atoms with E-state index >= 15 is 0 Å². The molecule has 0 aliphatic heterocycles. The molecule has 0 aliphatic rings. The van der Waals surface area contributed by atoms with Crippen LogP contribution in [0.3, 0.4) is 0 Å². The fourth-order valence-electron chi connectivity index (χ4n) is 2.94. The highest BCUT2D eigenvalue weighted by Gasteiger charge is 2.21. The molecule has 0 unspecified atom stereocenters. The Morgan fingerprint density at radius 1 is 1.13 bits per heavy atom. The van der Waals surface area contributed by atoms with Crippen LogP contribution in [0.2, 0.25) is 0 Å². The average molecular weight is 416 g/mol. The van der Waals surface area contributed by atoms with Gasteiger partial charge in [-0.2, -0.15) is 0 Å². The van der Waals surface area contributed by atoms with Crippen molar-refractivity contribution in [3.05, 3.63) is 65.0 Å². The first-order chi connectivity index (χ1) is 14.1. The van der Waals surface area contributed by atoms with E-state index in [0.717, 1.165) is 5.56 Å². The number of ether oxygens (including phenoxy) is 2. The van der Waals surface area contributed by atoms with Gasteiger partial charge in [0, 0.05) is 17.7 Å². The molecule has 0 heterocycles. The molecular weight excluding hydrogens is 387 g/mol. The molecule has 0 radical (unpaired) electrons. The minimum Gasteiger partial charge on any atom is -0.497 e. The standard InChI is InChI=1S/C23H29FN2O4/c1-6-20(15-9-7-10-16(13-15)29-5)26-21(27)17-11-8-12-19(24)18(17)14-25-22(28)30-23(2,3)4/h7-13,20H,6,14H2,1-5H3,(H,25,28)(H,26,27)/t20-/m1/s1. The molecule has 2 aromatic carbocycles. The Hall–Kier alpha value is -3.09. The van der Waals surface area contributed by atoms with E-state index in [4.69, 9.17) is 9.47 Å². The normalized spacial score (nSPS) is 12.1. The minimum absolute atomic E-state index is 0.0985. The van der Waals surface area contributed by atoms with Crippen molar-refractivity contribution in [1.29, 1.82) is 0 Å². The molecule has 162 valence electrons. The van der Waals surface area contributed by atoms with Crippen molar-refractivity contribution >= 4 is 12.0 Å². The van der Waals surface area contributed by atoms with E-state index in [9.17, 15) is 14.0 Å². The summed E-state index contributed by atoms with van der Waals surface area (Å²) in [5.74, 6) is -0.313. The van der Waals surface area contributed by atoms with E-state index in [0.29, 0.717) is 12.2 Å². The fourth-order valence-corrected chi connectivity index (χ4v) is 2.94. The van der Waals surface area contributed by atoms with E-state index in [-0.39, 0.29) is 23.7 Å². The van der Waals surface area contributed by atoms with Crippen LogP contribution in [0.25, 0.3) is 0 Å². The van der Waals surface area contributed by atoms with Gasteiger partial charge < -0.3 is 20.1 Å². The lowest BCUT2D eigenvalue weighted by Gasteiger charge is -2.21. The number of benzene rings is 2. The topological polar surface area (TPSA) is 76.7 Å². The highest BCUT2D eigenvalue weighted by atomic mass is 19.1. The molecule has 2 rings (SSSR count). The Bertz CT molecular complexity index is 893. The molecule has 0 aromatic heterocycles. The summed E-state index contributed by atoms with van der Waals surface area (Å²) < 4.78 is 24.9. The number of rotatable bonds is 7. The maximum Gasteiger partial charge on any atom is 0.407 e. The lowest BCUT2D eigenvalue weighted by molar-refractivity contribution is 0.0522. The van der Waals surface area contributed by atoms with Crippen molar-refractivity contribution in [3.8, 4) is 5.75 Å². The van der Waals surface area contributed by atoms with Gasteiger partial charge in [0.05, 0.1) is 13.2 Å². The van der Waals surface area contributed by atoms with Crippen molar-refractivity contribution in [2.75, 3.05) is 7.11 Å². The molecule has 0 fully saturated rings. The van der Waals surface area contributed by atoms with Crippen LogP contribution in [0, 0.1) is 5.82 Å². The Morgan fingerprint density at radius 2 is 1.83 bits per heavy atom. The van der Waals surface area contributed by atoms with Crippen LogP contribution in [0.1, 0.15) is 61.6 Å². The number of nitrogens with one attached hydrogen (secondary N) is 2. The predicted molar refractivity (Wildman–Crippen MR) is 113 cm³/mol. The Morgan fingerprint density at radius 3 is 2.47 bits per heavy atom. The molecule has 2 N–H and O–H groups in total. The van der Waals surface area contributed by atoms with E-state index in [1.54, 1.807) is 27.9 Å². The molecule has 6 nitrogen and oxygen atoms in total. The summed E-state index contributed by atoms with van der Waals surface area (Å²) in [4.78, 5) is 24.9. The summed E-state index contributed by atoms with van der Waals surface area (Å²) in [6.07, 6.45) is -0.0420. The summed E-state index contributed by atoms with van der Waals surface area (Å²) in [7, 11) is 1.58. The van der Waals surface area contributed by atoms with Crippen molar-refractivity contribution in [2.45, 2.75) is 52.3 Å². The largest absolute Gasteiger partial charge is 0.497 e. The van der Waals surface area contributed by atoms with Crippen LogP contribution in [-0.4, -0.2) is 24.7 Å². The molecule has 0 saturated carbocycles. The number of methoxy groups -OCH3 is 1. The fraction of sp³-hybridized carbons (Fsp3) is 0.391. The third kappa shape index (κ3) is 6.47. The molecule has 0 saturated heterocycles. The number of hydrogen-bond acceptors (Lipinski definition) is 4. The van der Waals surface area contributed by atoms with Crippen LogP contribution < -0.4 is 15.4 Å². The highest BCUT2D eigenvalue weighted by Crippen LogP contribution is 2.23. The summed E-state index contributed by atoms with van der Waals surface area (Å²) in [5.41, 5.74) is 0.466. The van der Waals surface area contributed by atoms with Crippen LogP contribution in [0.4, 0.5) is 9.18 Å². The zero-order valence-electron chi connectivity index (χ0n) is 18.0. The third-order valence-electron chi connectivity index (χ3n) is 4.38. The third-order valence-corrected chi connectivity index (χ3v) is 4.38. The van der Waals surface area contributed by atoms with Crippen molar-refractivity contribution in [3.63, 3.8) is 0 Å². The van der Waals surface area contributed by atoms with Gasteiger partial charge in [-0.05, 0) is 57.0 Å². The molecule has 30 heavy (non-hydrogen) atoms. The van der Waals surface area contributed by atoms with Gasteiger partial charge in [0.15, 0.2) is 0 Å². The van der Waals surface area contributed by atoms with Gasteiger partial charge in [-0.1, -0.05) is 25.1 Å². The number of alkyl carbamates (subject to hydrolysis) is 1. The minimum atomic E-state index is -0.681. The molecule has 0 spiro atoms. The van der Waals surface area contributed by atoms with E-state index < -0.39 is 23.4 Å². The number of hydrogen-bond donors (Lipinski definition) is 2. The van der Waals surface area contributed by atoms with Gasteiger partial charge in [0.2, 0.25) is 0 Å². The smallest absolute Gasteiger partial charge is 0.407 e.